The molecule has 0 aromatic carbocycles. The van der Waals surface area contributed by atoms with Gasteiger partial charge >= 0.3 is 0 Å². The highest BCUT2D eigenvalue weighted by Gasteiger charge is 2.27. The third-order valence-electron chi connectivity index (χ3n) is 3.04. The first kappa shape index (κ1) is 11.9. The second-order valence-corrected chi connectivity index (χ2v) is 6.06. The normalized spacial score (nSPS) is 21.7. The molecule has 1 heterocycles. The summed E-state index contributed by atoms with van der Waals surface area (Å²) in [5, 5.41) is 0. The molecule has 4 nitrogen and oxygen atoms in total. The number of hydrogen-bond acceptors (Lipinski definition) is 2. The molecule has 0 aliphatic carbocycles. The van der Waals surface area contributed by atoms with Crippen molar-refractivity contribution in [3.63, 3.8) is 0 Å². The van der Waals surface area contributed by atoms with E-state index in [1.807, 2.05) is 0 Å². The first-order valence-corrected chi connectivity index (χ1v) is 6.60. The van der Waals surface area contributed by atoms with E-state index in [-0.39, 0.29) is 1.43 Å². The molecule has 0 saturated carbocycles. The average Bonchev–Trinajstić information content (AvgIpc) is 2.18. The molecule has 0 unspecified atom stereocenters. The summed E-state index contributed by atoms with van der Waals surface area (Å²) in [5.41, 5.74) is 0. The van der Waals surface area contributed by atoms with Crippen LogP contribution >= 0.6 is 0 Å². The Hall–Kier alpha value is -0.130. The SMILES string of the molecule is CNS(=O)(=O)N1CCC(C(C)C)CC1.[HH]. The molecule has 1 aliphatic rings. The van der Waals surface area contributed by atoms with Gasteiger partial charge in [-0.25, -0.2) is 4.72 Å². The molecular weight excluding hydrogens is 200 g/mol. The minimum atomic E-state index is -3.19. The second kappa shape index (κ2) is 4.59. The Morgan fingerprint density at radius 3 is 2.21 bits per heavy atom. The maximum atomic E-state index is 11.4. The van der Waals surface area contributed by atoms with Crippen molar-refractivity contribution in [2.75, 3.05) is 20.1 Å². The summed E-state index contributed by atoms with van der Waals surface area (Å²) >= 11 is 0. The molecule has 1 rings (SSSR count). The van der Waals surface area contributed by atoms with Gasteiger partial charge in [0.1, 0.15) is 0 Å². The van der Waals surface area contributed by atoms with Crippen LogP contribution in [0.1, 0.15) is 28.1 Å². The third kappa shape index (κ3) is 2.68. The van der Waals surface area contributed by atoms with Gasteiger partial charge in [-0.05, 0) is 24.7 Å². The van der Waals surface area contributed by atoms with Crippen molar-refractivity contribution in [2.45, 2.75) is 26.7 Å². The van der Waals surface area contributed by atoms with Crippen LogP contribution in [-0.2, 0) is 10.2 Å². The van der Waals surface area contributed by atoms with Crippen molar-refractivity contribution in [3.05, 3.63) is 0 Å². The van der Waals surface area contributed by atoms with Crippen molar-refractivity contribution in [3.8, 4) is 0 Å². The Bertz CT molecular complexity index is 272. The van der Waals surface area contributed by atoms with Gasteiger partial charge in [-0.3, -0.25) is 0 Å². The number of rotatable bonds is 3. The lowest BCUT2D eigenvalue weighted by molar-refractivity contribution is 0.225. The van der Waals surface area contributed by atoms with E-state index < -0.39 is 10.2 Å². The molecule has 5 heteroatoms. The van der Waals surface area contributed by atoms with Crippen LogP contribution in [0.5, 0.6) is 0 Å². The monoisotopic (exact) mass is 222 g/mol. The lowest BCUT2D eigenvalue weighted by atomic mass is 9.87. The van der Waals surface area contributed by atoms with E-state index in [1.54, 1.807) is 0 Å². The molecule has 1 saturated heterocycles. The van der Waals surface area contributed by atoms with E-state index >= 15 is 0 Å². The van der Waals surface area contributed by atoms with Gasteiger partial charge in [0.25, 0.3) is 10.2 Å². The molecule has 0 radical (unpaired) electrons. The predicted octanol–water partition coefficient (Wildman–Crippen LogP) is 1.06. The third-order valence-corrected chi connectivity index (χ3v) is 4.60. The maximum absolute atomic E-state index is 11.4. The lowest BCUT2D eigenvalue weighted by Crippen LogP contribution is -2.44. The molecule has 0 atom stereocenters. The van der Waals surface area contributed by atoms with Gasteiger partial charge < -0.3 is 0 Å². The van der Waals surface area contributed by atoms with Gasteiger partial charge in [-0.2, -0.15) is 12.7 Å². The van der Waals surface area contributed by atoms with Crippen molar-refractivity contribution >= 4 is 10.2 Å². The smallest absolute Gasteiger partial charge is 0.205 e. The molecular formula is C9H22N2O2S. The molecule has 14 heavy (non-hydrogen) atoms. The largest absolute Gasteiger partial charge is 0.279 e. The zero-order valence-corrected chi connectivity index (χ0v) is 9.97. The lowest BCUT2D eigenvalue weighted by Gasteiger charge is -2.32. The van der Waals surface area contributed by atoms with Crippen molar-refractivity contribution in [1.82, 2.24) is 9.03 Å². The second-order valence-electron chi connectivity index (χ2n) is 4.19. The first-order chi connectivity index (χ1) is 6.47. The Morgan fingerprint density at radius 2 is 1.86 bits per heavy atom. The predicted molar refractivity (Wildman–Crippen MR) is 59.2 cm³/mol. The summed E-state index contributed by atoms with van der Waals surface area (Å²) in [7, 11) is -1.72. The van der Waals surface area contributed by atoms with Crippen molar-refractivity contribution < 1.29 is 9.84 Å². The van der Waals surface area contributed by atoms with Crippen molar-refractivity contribution in [1.29, 1.82) is 0 Å². The number of piperidine rings is 1. The van der Waals surface area contributed by atoms with Crippen LogP contribution < -0.4 is 4.72 Å². The number of hydrogen-bond donors (Lipinski definition) is 1. The van der Waals surface area contributed by atoms with Gasteiger partial charge in [0.2, 0.25) is 0 Å². The number of nitrogens with zero attached hydrogens (tertiary/aromatic N) is 1. The summed E-state index contributed by atoms with van der Waals surface area (Å²) < 4.78 is 26.8. The molecule has 1 N–H and O–H groups in total. The Balaban J connectivity index is 0.00000196. The standard InChI is InChI=1S/C9H20N2O2S.H2/c1-8(2)9-4-6-11(7-5-9)14(12,13)10-3;/h8-10H,4-7H2,1-3H3;1H. The van der Waals surface area contributed by atoms with E-state index in [4.69, 9.17) is 0 Å². The quantitative estimate of drug-likeness (QED) is 0.776. The molecule has 1 aliphatic heterocycles. The summed E-state index contributed by atoms with van der Waals surface area (Å²) in [4.78, 5) is 0. The Morgan fingerprint density at radius 1 is 1.36 bits per heavy atom. The minimum Gasteiger partial charge on any atom is -0.205 e. The zero-order chi connectivity index (χ0) is 10.8. The molecule has 1 fully saturated rings. The van der Waals surface area contributed by atoms with E-state index in [0.717, 1.165) is 12.8 Å². The highest BCUT2D eigenvalue weighted by Crippen LogP contribution is 2.25. The maximum Gasteiger partial charge on any atom is 0.279 e. The average molecular weight is 222 g/mol. The van der Waals surface area contributed by atoms with E-state index in [1.165, 1.54) is 11.4 Å². The Labute approximate surface area is 88.3 Å². The zero-order valence-electron chi connectivity index (χ0n) is 9.16. The fourth-order valence-electron chi connectivity index (χ4n) is 1.91. The first-order valence-electron chi connectivity index (χ1n) is 5.16. The van der Waals surface area contributed by atoms with Crippen LogP contribution in [0.2, 0.25) is 0 Å². The van der Waals surface area contributed by atoms with E-state index in [0.29, 0.717) is 24.9 Å². The van der Waals surface area contributed by atoms with E-state index in [9.17, 15) is 8.42 Å². The molecule has 0 bridgehead atoms. The fourth-order valence-corrected chi connectivity index (χ4v) is 2.86. The summed E-state index contributed by atoms with van der Waals surface area (Å²) in [5.74, 6) is 1.34. The summed E-state index contributed by atoms with van der Waals surface area (Å²) in [6.07, 6.45) is 1.97. The highest BCUT2D eigenvalue weighted by atomic mass is 32.2. The molecule has 86 valence electrons. The van der Waals surface area contributed by atoms with Crippen LogP contribution in [0.4, 0.5) is 0 Å². The molecule has 0 aromatic rings. The Kier molecular flexibility index (Phi) is 3.92. The van der Waals surface area contributed by atoms with Crippen LogP contribution in [0.25, 0.3) is 0 Å². The topological polar surface area (TPSA) is 49.4 Å². The van der Waals surface area contributed by atoms with E-state index in [2.05, 4.69) is 18.6 Å². The van der Waals surface area contributed by atoms with Gasteiger partial charge in [-0.15, -0.1) is 0 Å². The van der Waals surface area contributed by atoms with Gasteiger partial charge in [0.05, 0.1) is 0 Å². The van der Waals surface area contributed by atoms with Crippen LogP contribution in [-0.4, -0.2) is 32.9 Å². The van der Waals surface area contributed by atoms with Gasteiger partial charge in [0.15, 0.2) is 0 Å². The molecule has 0 spiro atoms. The highest BCUT2D eigenvalue weighted by molar-refractivity contribution is 7.87. The van der Waals surface area contributed by atoms with Crippen LogP contribution in [0.3, 0.4) is 0 Å². The summed E-state index contributed by atoms with van der Waals surface area (Å²) in [6, 6.07) is 0. The fraction of sp³-hybridized carbons (Fsp3) is 1.00. The minimum absolute atomic E-state index is 0. The van der Waals surface area contributed by atoms with Crippen LogP contribution in [0, 0.1) is 11.8 Å². The molecule has 0 amide bonds. The van der Waals surface area contributed by atoms with Gasteiger partial charge in [0, 0.05) is 21.6 Å². The summed E-state index contributed by atoms with van der Waals surface area (Å²) in [6.45, 7) is 5.72. The number of nitrogens with one attached hydrogen (secondary N) is 1. The molecule has 0 aromatic heterocycles. The van der Waals surface area contributed by atoms with Crippen LogP contribution in [0.15, 0.2) is 0 Å². The van der Waals surface area contributed by atoms with Crippen molar-refractivity contribution in [2.24, 2.45) is 11.8 Å². The van der Waals surface area contributed by atoms with Gasteiger partial charge in [-0.1, -0.05) is 13.8 Å².